The summed E-state index contributed by atoms with van der Waals surface area (Å²) in [7, 11) is 1.63. The summed E-state index contributed by atoms with van der Waals surface area (Å²) in [6.07, 6.45) is 3.57. The summed E-state index contributed by atoms with van der Waals surface area (Å²) in [5.74, 6) is 0.595. The van der Waals surface area contributed by atoms with Crippen LogP contribution in [0.4, 0.5) is 0 Å². The standard InChI is InChI=1S/C22H25N3O4/c1-29-17-5-2-4-16(12-17)14-25-15-22(13-19(25)27)7-10-24(11-8-22)21(28)20-18(26)6-3-9-23-20/h2-6,9,12,26H,7-8,10-11,13-15H2,1H3. The van der Waals surface area contributed by atoms with E-state index in [1.165, 1.54) is 12.3 Å². The van der Waals surface area contributed by atoms with Crippen molar-refractivity contribution < 1.29 is 19.4 Å². The highest BCUT2D eigenvalue weighted by Gasteiger charge is 2.45. The molecule has 2 aliphatic heterocycles. The third-order valence-corrected chi connectivity index (χ3v) is 6.01. The van der Waals surface area contributed by atoms with E-state index in [2.05, 4.69) is 4.98 Å². The third kappa shape index (κ3) is 3.90. The molecule has 0 unspecified atom stereocenters. The summed E-state index contributed by atoms with van der Waals surface area (Å²) < 4.78 is 5.27. The van der Waals surface area contributed by atoms with Gasteiger partial charge in [0.15, 0.2) is 5.69 Å². The van der Waals surface area contributed by atoms with Crippen LogP contribution in [0.25, 0.3) is 0 Å². The average Bonchev–Trinajstić information content (AvgIpc) is 3.03. The van der Waals surface area contributed by atoms with E-state index >= 15 is 0 Å². The van der Waals surface area contributed by atoms with E-state index in [9.17, 15) is 14.7 Å². The topological polar surface area (TPSA) is 83.0 Å². The highest BCUT2D eigenvalue weighted by Crippen LogP contribution is 2.42. The Bertz CT molecular complexity index is 922. The van der Waals surface area contributed by atoms with Crippen molar-refractivity contribution >= 4 is 11.8 Å². The van der Waals surface area contributed by atoms with Crippen LogP contribution in [0.2, 0.25) is 0 Å². The van der Waals surface area contributed by atoms with Crippen LogP contribution in [0.1, 0.15) is 35.3 Å². The Balaban J connectivity index is 1.39. The first kappa shape index (κ1) is 19.2. The number of likely N-dealkylation sites (tertiary alicyclic amines) is 2. The van der Waals surface area contributed by atoms with Crippen LogP contribution in [0, 0.1) is 5.41 Å². The minimum atomic E-state index is -0.254. The van der Waals surface area contributed by atoms with E-state index in [1.807, 2.05) is 29.2 Å². The molecule has 3 heterocycles. The van der Waals surface area contributed by atoms with Gasteiger partial charge in [0.1, 0.15) is 11.5 Å². The largest absolute Gasteiger partial charge is 0.505 e. The van der Waals surface area contributed by atoms with Gasteiger partial charge in [-0.3, -0.25) is 9.59 Å². The minimum absolute atomic E-state index is 0.0844. The Morgan fingerprint density at radius 1 is 1.24 bits per heavy atom. The molecule has 7 nitrogen and oxygen atoms in total. The van der Waals surface area contributed by atoms with Gasteiger partial charge < -0.3 is 19.6 Å². The van der Waals surface area contributed by atoms with Crippen LogP contribution in [-0.2, 0) is 11.3 Å². The molecule has 0 aliphatic carbocycles. The number of aromatic hydroxyl groups is 1. The van der Waals surface area contributed by atoms with Crippen LogP contribution in [-0.4, -0.2) is 58.4 Å². The second-order valence-electron chi connectivity index (χ2n) is 7.94. The molecule has 1 N–H and O–H groups in total. The second-order valence-corrected chi connectivity index (χ2v) is 7.94. The molecule has 2 amide bonds. The van der Waals surface area contributed by atoms with Crippen LogP contribution in [0.15, 0.2) is 42.6 Å². The van der Waals surface area contributed by atoms with Gasteiger partial charge in [-0.15, -0.1) is 0 Å². The molecule has 29 heavy (non-hydrogen) atoms. The van der Waals surface area contributed by atoms with E-state index < -0.39 is 0 Å². The first-order valence-electron chi connectivity index (χ1n) is 9.84. The molecule has 2 aromatic rings. The first-order chi connectivity index (χ1) is 14.0. The molecule has 0 saturated carbocycles. The number of carbonyl (C=O) groups excluding carboxylic acids is 2. The SMILES string of the molecule is COc1cccc(CN2CC3(CCN(C(=O)c4ncccc4O)CC3)CC2=O)c1. The molecule has 1 spiro atoms. The van der Waals surface area contributed by atoms with E-state index in [4.69, 9.17) is 4.74 Å². The molecule has 2 fully saturated rings. The van der Waals surface area contributed by atoms with E-state index in [0.717, 1.165) is 24.2 Å². The molecule has 4 rings (SSSR count). The molecule has 0 atom stereocenters. The Morgan fingerprint density at radius 3 is 2.76 bits per heavy atom. The molecule has 7 heteroatoms. The minimum Gasteiger partial charge on any atom is -0.505 e. The van der Waals surface area contributed by atoms with Crippen molar-refractivity contribution in [2.45, 2.75) is 25.8 Å². The molecular weight excluding hydrogens is 370 g/mol. The number of ether oxygens (including phenoxy) is 1. The van der Waals surface area contributed by atoms with Gasteiger partial charge in [-0.05, 0) is 42.7 Å². The molecular formula is C22H25N3O4. The van der Waals surface area contributed by atoms with Crippen molar-refractivity contribution in [3.05, 3.63) is 53.9 Å². The van der Waals surface area contributed by atoms with Crippen LogP contribution in [0.5, 0.6) is 11.5 Å². The normalized spacial score (nSPS) is 18.3. The summed E-state index contributed by atoms with van der Waals surface area (Å²) in [5, 5.41) is 9.89. The van der Waals surface area contributed by atoms with Crippen molar-refractivity contribution in [2.75, 3.05) is 26.7 Å². The van der Waals surface area contributed by atoms with Gasteiger partial charge in [0.05, 0.1) is 7.11 Å². The Labute approximate surface area is 169 Å². The third-order valence-electron chi connectivity index (χ3n) is 6.01. The lowest BCUT2D eigenvalue weighted by Crippen LogP contribution is -2.44. The summed E-state index contributed by atoms with van der Waals surface area (Å²) in [6.45, 7) is 2.41. The van der Waals surface area contributed by atoms with Crippen molar-refractivity contribution in [3.8, 4) is 11.5 Å². The van der Waals surface area contributed by atoms with Crippen LogP contribution < -0.4 is 4.74 Å². The van der Waals surface area contributed by atoms with Gasteiger partial charge in [-0.25, -0.2) is 4.98 Å². The Morgan fingerprint density at radius 2 is 2.03 bits per heavy atom. The Hall–Kier alpha value is -3.09. The number of carbonyl (C=O) groups is 2. The van der Waals surface area contributed by atoms with Gasteiger partial charge in [-0.1, -0.05) is 12.1 Å². The highest BCUT2D eigenvalue weighted by atomic mass is 16.5. The fraction of sp³-hybridized carbons (Fsp3) is 0.409. The van der Waals surface area contributed by atoms with Crippen LogP contribution in [0.3, 0.4) is 0 Å². The molecule has 0 bridgehead atoms. The lowest BCUT2D eigenvalue weighted by atomic mass is 9.77. The van der Waals surface area contributed by atoms with Crippen molar-refractivity contribution in [2.24, 2.45) is 5.41 Å². The fourth-order valence-electron chi connectivity index (χ4n) is 4.35. The summed E-state index contributed by atoms with van der Waals surface area (Å²) in [4.78, 5) is 33.0. The molecule has 2 aliphatic rings. The van der Waals surface area contributed by atoms with Crippen molar-refractivity contribution in [1.29, 1.82) is 0 Å². The number of amides is 2. The number of rotatable bonds is 4. The van der Waals surface area contributed by atoms with Crippen molar-refractivity contribution in [3.63, 3.8) is 0 Å². The smallest absolute Gasteiger partial charge is 0.276 e. The number of piperidine rings is 1. The number of nitrogens with zero attached hydrogens (tertiary/aromatic N) is 3. The molecule has 0 radical (unpaired) electrons. The maximum atomic E-state index is 12.7. The molecule has 1 aromatic heterocycles. The van der Waals surface area contributed by atoms with Crippen molar-refractivity contribution in [1.82, 2.24) is 14.8 Å². The zero-order chi connectivity index (χ0) is 20.4. The predicted molar refractivity (Wildman–Crippen MR) is 107 cm³/mol. The maximum Gasteiger partial charge on any atom is 0.276 e. The average molecular weight is 395 g/mol. The first-order valence-corrected chi connectivity index (χ1v) is 9.84. The maximum absolute atomic E-state index is 12.7. The number of hydrogen-bond acceptors (Lipinski definition) is 5. The van der Waals surface area contributed by atoms with E-state index in [-0.39, 0.29) is 28.7 Å². The summed E-state index contributed by atoms with van der Waals surface area (Å²) in [5.41, 5.74) is 1.05. The van der Waals surface area contributed by atoms with Gasteiger partial charge >= 0.3 is 0 Å². The number of benzene rings is 1. The lowest BCUT2D eigenvalue weighted by Gasteiger charge is -2.38. The fourth-order valence-corrected chi connectivity index (χ4v) is 4.35. The second kappa shape index (κ2) is 7.73. The van der Waals surface area contributed by atoms with Gasteiger partial charge in [0.2, 0.25) is 5.91 Å². The number of hydrogen-bond donors (Lipinski definition) is 1. The van der Waals surface area contributed by atoms with Crippen LogP contribution >= 0.6 is 0 Å². The summed E-state index contributed by atoms with van der Waals surface area (Å²) >= 11 is 0. The van der Waals surface area contributed by atoms with E-state index in [1.54, 1.807) is 18.1 Å². The van der Waals surface area contributed by atoms with Gasteiger partial charge in [-0.2, -0.15) is 0 Å². The number of methoxy groups -OCH3 is 1. The molecule has 1 aromatic carbocycles. The van der Waals surface area contributed by atoms with Gasteiger partial charge in [0.25, 0.3) is 5.91 Å². The zero-order valence-corrected chi connectivity index (χ0v) is 16.5. The number of aromatic nitrogens is 1. The molecule has 152 valence electrons. The number of pyridine rings is 1. The Kier molecular flexibility index (Phi) is 5.13. The highest BCUT2D eigenvalue weighted by molar-refractivity contribution is 5.94. The van der Waals surface area contributed by atoms with Gasteiger partial charge in [0, 0.05) is 44.2 Å². The quantitative estimate of drug-likeness (QED) is 0.860. The van der Waals surface area contributed by atoms with E-state index in [0.29, 0.717) is 32.6 Å². The monoisotopic (exact) mass is 395 g/mol. The zero-order valence-electron chi connectivity index (χ0n) is 16.5. The molecule has 2 saturated heterocycles. The predicted octanol–water partition coefficient (Wildman–Crippen LogP) is 2.45. The summed E-state index contributed by atoms with van der Waals surface area (Å²) in [6, 6.07) is 10.8. The lowest BCUT2D eigenvalue weighted by molar-refractivity contribution is -0.128.